The Bertz CT molecular complexity index is 306. The number of hydrogen-bond donors (Lipinski definition) is 0. The second-order valence-corrected chi connectivity index (χ2v) is 5.62. The van der Waals surface area contributed by atoms with Crippen LogP contribution in [0.15, 0.2) is 0 Å². The fourth-order valence-electron chi connectivity index (χ4n) is 2.31. The van der Waals surface area contributed by atoms with Gasteiger partial charge < -0.3 is 9.47 Å². The van der Waals surface area contributed by atoms with Crippen molar-refractivity contribution in [3.63, 3.8) is 0 Å². The predicted molar refractivity (Wildman–Crippen MR) is 87.1 cm³/mol. The number of hydrogen-bond acceptors (Lipinski definition) is 3. The number of terminal acetylenes is 1. The maximum atomic E-state index is 11.7. The minimum Gasteiger partial charge on any atom is -0.462 e. The maximum absolute atomic E-state index is 11.7. The Labute approximate surface area is 130 Å². The summed E-state index contributed by atoms with van der Waals surface area (Å²) in [6.45, 7) is 4.40. The minimum atomic E-state index is -0.759. The van der Waals surface area contributed by atoms with Crippen LogP contribution >= 0.6 is 0 Å². The van der Waals surface area contributed by atoms with E-state index in [-0.39, 0.29) is 12.6 Å². The summed E-state index contributed by atoms with van der Waals surface area (Å²) in [6, 6.07) is 0. The molecule has 0 radical (unpaired) electrons. The summed E-state index contributed by atoms with van der Waals surface area (Å²) in [5, 5.41) is 0. The molecule has 0 N–H and O–H groups in total. The van der Waals surface area contributed by atoms with Gasteiger partial charge >= 0.3 is 5.97 Å². The second-order valence-electron chi connectivity index (χ2n) is 5.62. The van der Waals surface area contributed by atoms with Gasteiger partial charge in [0.05, 0.1) is 0 Å². The van der Waals surface area contributed by atoms with Gasteiger partial charge in [-0.25, -0.2) is 0 Å². The quantitative estimate of drug-likeness (QED) is 0.285. The predicted octanol–water partition coefficient (Wildman–Crippen LogP) is 4.49. The third-order valence-electron chi connectivity index (χ3n) is 3.76. The second kappa shape index (κ2) is 12.7. The topological polar surface area (TPSA) is 35.5 Å². The van der Waals surface area contributed by atoms with Crippen LogP contribution in [0.3, 0.4) is 0 Å². The fraction of sp³-hybridized carbons (Fsp3) is 0.833. The molecule has 0 aromatic carbocycles. The first kappa shape index (κ1) is 20.0. The van der Waals surface area contributed by atoms with E-state index >= 15 is 0 Å². The van der Waals surface area contributed by atoms with E-state index in [0.717, 1.165) is 19.3 Å². The highest BCUT2D eigenvalue weighted by atomic mass is 16.6. The molecule has 122 valence electrons. The van der Waals surface area contributed by atoms with Crippen LogP contribution in [0.2, 0.25) is 0 Å². The van der Waals surface area contributed by atoms with E-state index in [1.54, 1.807) is 7.11 Å². The van der Waals surface area contributed by atoms with Crippen LogP contribution in [-0.2, 0) is 14.3 Å². The molecular formula is C18H32O3. The molecular weight excluding hydrogens is 264 g/mol. The number of rotatable bonds is 13. The van der Waals surface area contributed by atoms with Gasteiger partial charge in [-0.2, -0.15) is 0 Å². The SMILES string of the molecule is C#CC(CCC)(COC(=O)CCCCCCCCC)OC. The van der Waals surface area contributed by atoms with Crippen LogP contribution in [0.4, 0.5) is 0 Å². The molecule has 21 heavy (non-hydrogen) atoms. The van der Waals surface area contributed by atoms with Crippen molar-refractivity contribution in [1.82, 2.24) is 0 Å². The first-order valence-corrected chi connectivity index (χ1v) is 8.32. The lowest BCUT2D eigenvalue weighted by Gasteiger charge is -2.25. The molecule has 0 bridgehead atoms. The Morgan fingerprint density at radius 1 is 1.05 bits per heavy atom. The minimum absolute atomic E-state index is 0.156. The first-order chi connectivity index (χ1) is 10.1. The Kier molecular flexibility index (Phi) is 12.1. The van der Waals surface area contributed by atoms with E-state index in [9.17, 15) is 4.79 Å². The largest absolute Gasteiger partial charge is 0.462 e. The van der Waals surface area contributed by atoms with Crippen molar-refractivity contribution in [2.75, 3.05) is 13.7 Å². The van der Waals surface area contributed by atoms with E-state index in [1.807, 2.05) is 6.92 Å². The molecule has 0 spiro atoms. The highest BCUT2D eigenvalue weighted by Gasteiger charge is 2.28. The molecule has 0 saturated heterocycles. The lowest BCUT2D eigenvalue weighted by atomic mass is 10.00. The average Bonchev–Trinajstić information content (AvgIpc) is 2.50. The van der Waals surface area contributed by atoms with Crippen molar-refractivity contribution in [3.05, 3.63) is 0 Å². The number of esters is 1. The summed E-state index contributed by atoms with van der Waals surface area (Å²) in [5.74, 6) is 2.45. The van der Waals surface area contributed by atoms with Gasteiger partial charge in [-0.15, -0.1) is 6.42 Å². The lowest BCUT2D eigenvalue weighted by Crippen LogP contribution is -2.36. The van der Waals surface area contributed by atoms with E-state index in [1.165, 1.54) is 32.1 Å². The van der Waals surface area contributed by atoms with Crippen LogP contribution in [-0.4, -0.2) is 25.3 Å². The molecule has 0 aliphatic rings. The first-order valence-electron chi connectivity index (χ1n) is 8.32. The smallest absolute Gasteiger partial charge is 0.305 e. The van der Waals surface area contributed by atoms with Crippen molar-refractivity contribution in [1.29, 1.82) is 0 Å². The van der Waals surface area contributed by atoms with Gasteiger partial charge in [0.15, 0.2) is 5.60 Å². The number of unbranched alkanes of at least 4 members (excludes halogenated alkanes) is 6. The van der Waals surface area contributed by atoms with E-state index < -0.39 is 5.60 Å². The van der Waals surface area contributed by atoms with Gasteiger partial charge in [0, 0.05) is 13.5 Å². The molecule has 1 atom stereocenters. The molecule has 0 aromatic rings. The summed E-state index contributed by atoms with van der Waals surface area (Å²) >= 11 is 0. The van der Waals surface area contributed by atoms with Crippen LogP contribution < -0.4 is 0 Å². The van der Waals surface area contributed by atoms with Gasteiger partial charge in [-0.1, -0.05) is 64.7 Å². The van der Waals surface area contributed by atoms with E-state index in [0.29, 0.717) is 12.8 Å². The Balaban J connectivity index is 3.77. The van der Waals surface area contributed by atoms with Crippen LogP contribution in [0.5, 0.6) is 0 Å². The Hall–Kier alpha value is -1.01. The average molecular weight is 296 g/mol. The highest BCUT2D eigenvalue weighted by molar-refractivity contribution is 5.69. The number of carbonyl (C=O) groups excluding carboxylic acids is 1. The normalized spacial score (nSPS) is 13.4. The van der Waals surface area contributed by atoms with Crippen molar-refractivity contribution in [3.8, 4) is 12.3 Å². The number of carbonyl (C=O) groups is 1. The summed E-state index contributed by atoms with van der Waals surface area (Å²) < 4.78 is 10.6. The number of methoxy groups -OCH3 is 1. The Morgan fingerprint density at radius 2 is 1.67 bits per heavy atom. The molecule has 0 heterocycles. The van der Waals surface area contributed by atoms with Gasteiger partial charge in [-0.05, 0) is 12.8 Å². The molecule has 0 aliphatic carbocycles. The van der Waals surface area contributed by atoms with Crippen molar-refractivity contribution in [2.45, 2.75) is 83.7 Å². The summed E-state index contributed by atoms with van der Waals surface area (Å²) in [4.78, 5) is 11.7. The maximum Gasteiger partial charge on any atom is 0.305 e. The molecule has 0 rings (SSSR count). The van der Waals surface area contributed by atoms with Crippen molar-refractivity contribution in [2.24, 2.45) is 0 Å². The van der Waals surface area contributed by atoms with E-state index in [4.69, 9.17) is 15.9 Å². The van der Waals surface area contributed by atoms with Gasteiger partial charge in [0.25, 0.3) is 0 Å². The zero-order chi connectivity index (χ0) is 16.0. The van der Waals surface area contributed by atoms with Crippen LogP contribution in [0.1, 0.15) is 78.1 Å². The fourth-order valence-corrected chi connectivity index (χ4v) is 2.31. The molecule has 1 unspecified atom stereocenters. The van der Waals surface area contributed by atoms with Gasteiger partial charge in [0.1, 0.15) is 6.61 Å². The number of ether oxygens (including phenoxy) is 2. The zero-order valence-corrected chi connectivity index (χ0v) is 14.1. The summed E-state index contributed by atoms with van der Waals surface area (Å²) in [7, 11) is 1.57. The molecule has 0 amide bonds. The van der Waals surface area contributed by atoms with Crippen LogP contribution in [0, 0.1) is 12.3 Å². The lowest BCUT2D eigenvalue weighted by molar-refractivity contribution is -0.150. The van der Waals surface area contributed by atoms with Crippen molar-refractivity contribution < 1.29 is 14.3 Å². The zero-order valence-electron chi connectivity index (χ0n) is 14.1. The summed E-state index contributed by atoms with van der Waals surface area (Å²) in [5.41, 5.74) is -0.759. The van der Waals surface area contributed by atoms with Crippen molar-refractivity contribution >= 4 is 5.97 Å². The molecule has 0 saturated carbocycles. The third kappa shape index (κ3) is 9.52. The standard InChI is InChI=1S/C18H32O3/c1-5-8-9-10-11-12-13-14-17(19)21-16-18(7-3,20-4)15-6-2/h3H,5-6,8-16H2,1-2,4H3. The van der Waals surface area contributed by atoms with Crippen LogP contribution in [0.25, 0.3) is 0 Å². The highest BCUT2D eigenvalue weighted by Crippen LogP contribution is 2.17. The molecule has 0 aliphatic heterocycles. The third-order valence-corrected chi connectivity index (χ3v) is 3.76. The monoisotopic (exact) mass is 296 g/mol. The molecule has 0 fully saturated rings. The van der Waals surface area contributed by atoms with Gasteiger partial charge in [0.2, 0.25) is 0 Å². The van der Waals surface area contributed by atoms with E-state index in [2.05, 4.69) is 12.8 Å². The molecule has 0 aromatic heterocycles. The van der Waals surface area contributed by atoms with Gasteiger partial charge in [-0.3, -0.25) is 4.79 Å². The molecule has 3 nitrogen and oxygen atoms in total. The molecule has 3 heteroatoms. The summed E-state index contributed by atoms with van der Waals surface area (Å²) in [6.07, 6.45) is 15.9. The Morgan fingerprint density at radius 3 is 2.19 bits per heavy atom.